The first-order valence-electron chi connectivity index (χ1n) is 11.1. The van der Waals surface area contributed by atoms with E-state index in [4.69, 9.17) is 4.74 Å². The number of hydrogen-bond acceptors (Lipinski definition) is 6. The lowest BCUT2D eigenvalue weighted by atomic mass is 10.3. The summed E-state index contributed by atoms with van der Waals surface area (Å²) in [6, 6.07) is 15.0. The van der Waals surface area contributed by atoms with Gasteiger partial charge in [-0.1, -0.05) is 24.3 Å². The molecule has 8 nitrogen and oxygen atoms in total. The maximum atomic E-state index is 13.0. The minimum atomic E-state index is -3.78. The van der Waals surface area contributed by atoms with Crippen LogP contribution in [0.5, 0.6) is 0 Å². The molecule has 0 aliphatic heterocycles. The molecule has 0 atom stereocenters. The van der Waals surface area contributed by atoms with Crippen LogP contribution in [0.4, 0.5) is 11.4 Å². The zero-order valence-corrected chi connectivity index (χ0v) is 19.9. The molecule has 0 bridgehead atoms. The summed E-state index contributed by atoms with van der Waals surface area (Å²) in [5.41, 5.74) is 0.948. The highest BCUT2D eigenvalue weighted by Gasteiger charge is 2.26. The van der Waals surface area contributed by atoms with Crippen LogP contribution in [0.1, 0.15) is 26.2 Å². The molecule has 0 heterocycles. The molecule has 1 amide bonds. The third-order valence-corrected chi connectivity index (χ3v) is 7.20. The van der Waals surface area contributed by atoms with E-state index in [-0.39, 0.29) is 29.7 Å². The Morgan fingerprint density at radius 2 is 1.82 bits per heavy atom. The van der Waals surface area contributed by atoms with Gasteiger partial charge in [-0.2, -0.15) is 0 Å². The molecule has 0 unspecified atom stereocenters. The smallest absolute Gasteiger partial charge is 0.307 e. The first kappa shape index (κ1) is 24.7. The Morgan fingerprint density at radius 1 is 1.09 bits per heavy atom. The van der Waals surface area contributed by atoms with Crippen molar-refractivity contribution in [3.8, 4) is 0 Å². The summed E-state index contributed by atoms with van der Waals surface area (Å²) in [5, 5.41) is 2.79. The maximum Gasteiger partial charge on any atom is 0.307 e. The SMILES string of the molecule is CCOC(=O)CCN(CC(=O)Nc1cccc(S(=O)(=O)N(C)c2ccccc2)c1)CC1CC1. The van der Waals surface area contributed by atoms with Crippen LogP contribution in [0.2, 0.25) is 0 Å². The van der Waals surface area contributed by atoms with Crippen molar-refractivity contribution in [1.29, 1.82) is 0 Å². The zero-order valence-electron chi connectivity index (χ0n) is 19.1. The fourth-order valence-electron chi connectivity index (χ4n) is 3.46. The maximum absolute atomic E-state index is 13.0. The van der Waals surface area contributed by atoms with Crippen molar-refractivity contribution >= 4 is 33.3 Å². The fourth-order valence-corrected chi connectivity index (χ4v) is 4.70. The lowest BCUT2D eigenvalue weighted by Crippen LogP contribution is -2.36. The zero-order chi connectivity index (χ0) is 23.8. The van der Waals surface area contributed by atoms with Gasteiger partial charge in [0.1, 0.15) is 0 Å². The average Bonchev–Trinajstić information content (AvgIpc) is 3.62. The van der Waals surface area contributed by atoms with E-state index in [1.807, 2.05) is 11.0 Å². The van der Waals surface area contributed by atoms with Gasteiger partial charge in [0.2, 0.25) is 5.91 Å². The molecule has 2 aromatic carbocycles. The van der Waals surface area contributed by atoms with Crippen molar-refractivity contribution < 1.29 is 22.7 Å². The van der Waals surface area contributed by atoms with Gasteiger partial charge in [-0.05, 0) is 56.0 Å². The number of benzene rings is 2. The quantitative estimate of drug-likeness (QED) is 0.476. The van der Waals surface area contributed by atoms with Crippen molar-refractivity contribution in [2.24, 2.45) is 5.92 Å². The van der Waals surface area contributed by atoms with E-state index in [1.54, 1.807) is 43.3 Å². The van der Waals surface area contributed by atoms with Crippen molar-refractivity contribution in [1.82, 2.24) is 4.90 Å². The Labute approximate surface area is 195 Å². The molecular weight excluding hydrogens is 442 g/mol. The number of nitrogens with one attached hydrogen (secondary N) is 1. The Morgan fingerprint density at radius 3 is 2.48 bits per heavy atom. The minimum Gasteiger partial charge on any atom is -0.466 e. The van der Waals surface area contributed by atoms with Gasteiger partial charge in [-0.3, -0.25) is 18.8 Å². The van der Waals surface area contributed by atoms with Crippen molar-refractivity contribution in [2.75, 3.05) is 42.9 Å². The van der Waals surface area contributed by atoms with E-state index in [0.29, 0.717) is 30.4 Å². The fraction of sp³-hybridized carbons (Fsp3) is 0.417. The normalized spacial score (nSPS) is 13.5. The molecule has 3 rings (SSSR count). The first-order valence-corrected chi connectivity index (χ1v) is 12.6. The molecule has 1 aliphatic carbocycles. The van der Waals surface area contributed by atoms with Gasteiger partial charge in [0.25, 0.3) is 10.0 Å². The van der Waals surface area contributed by atoms with Crippen LogP contribution in [-0.2, 0) is 24.3 Å². The molecule has 178 valence electrons. The number of ether oxygens (including phenoxy) is 1. The lowest BCUT2D eigenvalue weighted by molar-refractivity contribution is -0.143. The summed E-state index contributed by atoms with van der Waals surface area (Å²) in [6.45, 7) is 3.42. The number of nitrogens with zero attached hydrogens (tertiary/aromatic N) is 2. The van der Waals surface area contributed by atoms with Gasteiger partial charge in [0.05, 0.1) is 30.2 Å². The second-order valence-corrected chi connectivity index (χ2v) is 10.1. The number of carbonyl (C=O) groups is 2. The topological polar surface area (TPSA) is 96.0 Å². The van der Waals surface area contributed by atoms with Gasteiger partial charge in [0.15, 0.2) is 0 Å². The molecule has 2 aromatic rings. The Hall–Kier alpha value is -2.91. The third-order valence-electron chi connectivity index (χ3n) is 5.41. The number of amides is 1. The van der Waals surface area contributed by atoms with Crippen molar-refractivity contribution in [2.45, 2.75) is 31.1 Å². The standard InChI is InChI=1S/C24H31N3O5S/c1-3-32-24(29)14-15-27(17-19-12-13-19)18-23(28)25-20-8-7-11-22(16-20)33(30,31)26(2)21-9-5-4-6-10-21/h4-11,16,19H,3,12-15,17-18H2,1-2H3,(H,25,28). The number of esters is 1. The van der Waals surface area contributed by atoms with Crippen LogP contribution in [0.3, 0.4) is 0 Å². The molecule has 0 spiro atoms. The second kappa shape index (κ2) is 11.3. The summed E-state index contributed by atoms with van der Waals surface area (Å²) in [7, 11) is -2.29. The van der Waals surface area contributed by atoms with E-state index in [1.165, 1.54) is 23.5 Å². The van der Waals surface area contributed by atoms with Crippen LogP contribution in [0.25, 0.3) is 0 Å². The summed E-state index contributed by atoms with van der Waals surface area (Å²) in [4.78, 5) is 26.4. The summed E-state index contributed by atoms with van der Waals surface area (Å²) in [6.07, 6.45) is 2.49. The molecule has 1 saturated carbocycles. The number of hydrogen-bond donors (Lipinski definition) is 1. The average molecular weight is 474 g/mol. The molecule has 0 radical (unpaired) electrons. The van der Waals surface area contributed by atoms with E-state index >= 15 is 0 Å². The van der Waals surface area contributed by atoms with Crippen molar-refractivity contribution in [3.63, 3.8) is 0 Å². The highest BCUT2D eigenvalue weighted by molar-refractivity contribution is 7.92. The molecule has 1 aliphatic rings. The Balaban J connectivity index is 1.64. The number of para-hydroxylation sites is 1. The monoisotopic (exact) mass is 473 g/mol. The predicted molar refractivity (Wildman–Crippen MR) is 128 cm³/mol. The second-order valence-electron chi connectivity index (χ2n) is 8.12. The lowest BCUT2D eigenvalue weighted by Gasteiger charge is -2.22. The molecular formula is C24H31N3O5S. The number of rotatable bonds is 12. The Kier molecular flexibility index (Phi) is 8.46. The van der Waals surface area contributed by atoms with Crippen LogP contribution in [0.15, 0.2) is 59.5 Å². The van der Waals surface area contributed by atoms with Gasteiger partial charge in [-0.25, -0.2) is 8.42 Å². The molecule has 33 heavy (non-hydrogen) atoms. The Bertz CT molecular complexity index is 1050. The minimum absolute atomic E-state index is 0.0869. The number of sulfonamides is 1. The van der Waals surface area contributed by atoms with Gasteiger partial charge in [-0.15, -0.1) is 0 Å². The summed E-state index contributed by atoms with van der Waals surface area (Å²) >= 11 is 0. The summed E-state index contributed by atoms with van der Waals surface area (Å²) in [5.74, 6) is 0.0200. The molecule has 1 N–H and O–H groups in total. The van der Waals surface area contributed by atoms with Crippen LogP contribution < -0.4 is 9.62 Å². The van der Waals surface area contributed by atoms with E-state index in [0.717, 1.165) is 19.4 Å². The molecule has 1 fully saturated rings. The van der Waals surface area contributed by atoms with Gasteiger partial charge in [0, 0.05) is 25.8 Å². The van der Waals surface area contributed by atoms with Crippen molar-refractivity contribution in [3.05, 3.63) is 54.6 Å². The molecule has 0 aromatic heterocycles. The van der Waals surface area contributed by atoms with E-state index in [2.05, 4.69) is 5.32 Å². The van der Waals surface area contributed by atoms with Crippen LogP contribution in [0, 0.1) is 5.92 Å². The van der Waals surface area contributed by atoms with Gasteiger partial charge >= 0.3 is 5.97 Å². The van der Waals surface area contributed by atoms with E-state index < -0.39 is 10.0 Å². The summed E-state index contributed by atoms with van der Waals surface area (Å²) < 4.78 is 32.3. The largest absolute Gasteiger partial charge is 0.466 e. The highest BCUT2D eigenvalue weighted by atomic mass is 32.2. The highest BCUT2D eigenvalue weighted by Crippen LogP contribution is 2.30. The third kappa shape index (κ3) is 7.30. The van der Waals surface area contributed by atoms with Crippen LogP contribution in [-0.4, -0.2) is 58.5 Å². The van der Waals surface area contributed by atoms with Gasteiger partial charge < -0.3 is 10.1 Å². The first-order chi connectivity index (χ1) is 15.8. The number of anilines is 2. The van der Waals surface area contributed by atoms with Crippen LogP contribution >= 0.6 is 0 Å². The number of carbonyl (C=O) groups excluding carboxylic acids is 2. The van der Waals surface area contributed by atoms with E-state index in [9.17, 15) is 18.0 Å². The molecule has 9 heteroatoms. The predicted octanol–water partition coefficient (Wildman–Crippen LogP) is 3.12. The molecule has 0 saturated heterocycles.